The molecule has 3 aromatic rings. The molecule has 3 rings (SSSR count). The van der Waals surface area contributed by atoms with Gasteiger partial charge in [0.05, 0.1) is 23.7 Å². The van der Waals surface area contributed by atoms with E-state index in [2.05, 4.69) is 19.9 Å². The van der Waals surface area contributed by atoms with Gasteiger partial charge in [0.1, 0.15) is 16.3 Å². The number of rotatable bonds is 9. The van der Waals surface area contributed by atoms with Gasteiger partial charge >= 0.3 is 0 Å². The van der Waals surface area contributed by atoms with Crippen LogP contribution < -0.4 is 14.8 Å². The molecule has 1 aromatic carbocycles. The number of sulfonamides is 2. The number of aryl methyl sites for hydroxylation is 2. The molecule has 172 valence electrons. The Morgan fingerprint density at radius 3 is 2.47 bits per heavy atom. The van der Waals surface area contributed by atoms with E-state index in [9.17, 15) is 21.6 Å². The zero-order valence-electron chi connectivity index (χ0n) is 17.4. The number of benzene rings is 1. The Morgan fingerprint density at radius 2 is 1.84 bits per heavy atom. The molecule has 0 aliphatic heterocycles. The molecule has 11 nitrogen and oxygen atoms in total. The summed E-state index contributed by atoms with van der Waals surface area (Å²) in [4.78, 5) is 12.3. The first-order valence-electron chi connectivity index (χ1n) is 9.38. The summed E-state index contributed by atoms with van der Waals surface area (Å²) in [6, 6.07) is 7.67. The first kappa shape index (κ1) is 23.7. The van der Waals surface area contributed by atoms with Crippen molar-refractivity contribution in [1.82, 2.24) is 14.6 Å². The van der Waals surface area contributed by atoms with Crippen LogP contribution in [0.15, 0.2) is 61.4 Å². The maximum absolute atomic E-state index is 12.6. The van der Waals surface area contributed by atoms with Crippen LogP contribution in [0.3, 0.4) is 0 Å². The second-order valence-corrected chi connectivity index (χ2v) is 10.3. The van der Waals surface area contributed by atoms with Crippen LogP contribution in [0.1, 0.15) is 24.1 Å². The second kappa shape index (κ2) is 9.24. The Morgan fingerprint density at radius 1 is 1.09 bits per heavy atom. The van der Waals surface area contributed by atoms with Crippen molar-refractivity contribution >= 4 is 31.6 Å². The summed E-state index contributed by atoms with van der Waals surface area (Å²) in [7, 11) is -7.93. The van der Waals surface area contributed by atoms with Crippen LogP contribution in [0.5, 0.6) is 0 Å². The van der Waals surface area contributed by atoms with Crippen molar-refractivity contribution < 1.29 is 30.6 Å². The Bertz CT molecular complexity index is 1290. The molecule has 0 aliphatic rings. The Balaban J connectivity index is 1.68. The third-order valence-corrected chi connectivity index (χ3v) is 7.57. The van der Waals surface area contributed by atoms with Crippen molar-refractivity contribution in [3.05, 3.63) is 59.9 Å². The molecule has 0 bridgehead atoms. The third-order valence-electron chi connectivity index (χ3n) is 4.39. The summed E-state index contributed by atoms with van der Waals surface area (Å²) in [5, 5.41) is 6.11. The number of carbonyl (C=O) groups is 1. The fourth-order valence-corrected chi connectivity index (χ4v) is 5.43. The SMILES string of the molecule is Cc1noc(C)c1S(=O)(=O)N[C@@H](C)C(=O)Nc1cccc(S(=O)(=O)NCc2ccco2)c1. The molecule has 0 unspecified atom stereocenters. The van der Waals surface area contributed by atoms with Crippen molar-refractivity contribution in [2.75, 3.05) is 5.32 Å². The predicted octanol–water partition coefficient (Wildman–Crippen LogP) is 1.67. The number of amides is 1. The lowest BCUT2D eigenvalue weighted by molar-refractivity contribution is -0.117. The normalized spacial score (nSPS) is 13.1. The fourth-order valence-electron chi connectivity index (χ4n) is 2.86. The van der Waals surface area contributed by atoms with E-state index in [0.29, 0.717) is 5.76 Å². The maximum atomic E-state index is 12.6. The van der Waals surface area contributed by atoms with E-state index in [1.165, 1.54) is 51.3 Å². The van der Waals surface area contributed by atoms with Gasteiger partial charge in [-0.2, -0.15) is 4.72 Å². The van der Waals surface area contributed by atoms with Crippen molar-refractivity contribution in [2.24, 2.45) is 0 Å². The quantitative estimate of drug-likeness (QED) is 0.415. The van der Waals surface area contributed by atoms with Crippen LogP contribution >= 0.6 is 0 Å². The van der Waals surface area contributed by atoms with E-state index < -0.39 is 32.0 Å². The number of furan rings is 1. The van der Waals surface area contributed by atoms with Crippen LogP contribution in [0, 0.1) is 13.8 Å². The van der Waals surface area contributed by atoms with Gasteiger partial charge in [-0.25, -0.2) is 21.6 Å². The number of hydrogen-bond donors (Lipinski definition) is 3. The summed E-state index contributed by atoms with van der Waals surface area (Å²) in [6.45, 7) is 4.25. The van der Waals surface area contributed by atoms with Gasteiger partial charge in [-0.1, -0.05) is 11.2 Å². The van der Waals surface area contributed by atoms with Crippen molar-refractivity contribution in [3.8, 4) is 0 Å². The first-order chi connectivity index (χ1) is 15.0. The predicted molar refractivity (Wildman–Crippen MR) is 114 cm³/mol. The van der Waals surface area contributed by atoms with Crippen LogP contribution in [0.4, 0.5) is 5.69 Å². The summed E-state index contributed by atoms with van der Waals surface area (Å²) in [5.74, 6) is -0.140. The molecule has 1 amide bonds. The van der Waals surface area contributed by atoms with Gasteiger partial charge in [0.2, 0.25) is 26.0 Å². The highest BCUT2D eigenvalue weighted by Crippen LogP contribution is 2.20. The van der Waals surface area contributed by atoms with Gasteiger partial charge in [-0.05, 0) is 51.1 Å². The van der Waals surface area contributed by atoms with Crippen LogP contribution in [0.2, 0.25) is 0 Å². The van der Waals surface area contributed by atoms with E-state index in [0.717, 1.165) is 0 Å². The highest BCUT2D eigenvalue weighted by Gasteiger charge is 2.28. The van der Waals surface area contributed by atoms with E-state index in [1.54, 1.807) is 12.1 Å². The number of nitrogens with one attached hydrogen (secondary N) is 3. The molecule has 1 atom stereocenters. The van der Waals surface area contributed by atoms with Crippen molar-refractivity contribution in [1.29, 1.82) is 0 Å². The van der Waals surface area contributed by atoms with Crippen molar-refractivity contribution in [2.45, 2.75) is 43.1 Å². The molecule has 2 aromatic heterocycles. The standard InChI is InChI=1S/C19H22N4O7S2/c1-12-18(14(3)30-22-12)32(27,28)23-13(2)19(24)21-15-6-4-8-17(10-15)31(25,26)20-11-16-7-5-9-29-16/h4-10,13,20,23H,11H2,1-3H3,(H,21,24)/t13-/m0/s1. The van der Waals surface area contributed by atoms with Gasteiger partial charge in [-0.3, -0.25) is 4.79 Å². The molecule has 0 fully saturated rings. The number of carbonyl (C=O) groups excluding carboxylic acids is 1. The minimum absolute atomic E-state index is 0.0353. The minimum Gasteiger partial charge on any atom is -0.468 e. The molecule has 32 heavy (non-hydrogen) atoms. The highest BCUT2D eigenvalue weighted by atomic mass is 32.2. The minimum atomic E-state index is -4.06. The molecule has 0 radical (unpaired) electrons. The fraction of sp³-hybridized carbons (Fsp3) is 0.263. The van der Waals surface area contributed by atoms with Gasteiger partial charge < -0.3 is 14.3 Å². The molecule has 0 aliphatic carbocycles. The Labute approximate surface area is 185 Å². The summed E-state index contributed by atoms with van der Waals surface area (Å²) in [6.07, 6.45) is 1.43. The molecule has 13 heteroatoms. The number of aromatic nitrogens is 1. The average molecular weight is 483 g/mol. The van der Waals surface area contributed by atoms with E-state index >= 15 is 0 Å². The lowest BCUT2D eigenvalue weighted by Gasteiger charge is -2.15. The van der Waals surface area contributed by atoms with Crippen LogP contribution in [-0.2, 0) is 31.4 Å². The largest absolute Gasteiger partial charge is 0.468 e. The van der Waals surface area contributed by atoms with Crippen molar-refractivity contribution in [3.63, 3.8) is 0 Å². The van der Waals surface area contributed by atoms with Gasteiger partial charge in [0.15, 0.2) is 5.76 Å². The monoisotopic (exact) mass is 482 g/mol. The average Bonchev–Trinajstić information content (AvgIpc) is 3.36. The third kappa shape index (κ3) is 5.43. The number of hydrogen-bond acceptors (Lipinski definition) is 8. The molecule has 0 spiro atoms. The smallest absolute Gasteiger partial charge is 0.246 e. The lowest BCUT2D eigenvalue weighted by Crippen LogP contribution is -2.41. The van der Waals surface area contributed by atoms with E-state index in [-0.39, 0.29) is 33.5 Å². The van der Waals surface area contributed by atoms with E-state index in [4.69, 9.17) is 8.94 Å². The molecule has 0 saturated heterocycles. The topological polar surface area (TPSA) is 161 Å². The van der Waals surface area contributed by atoms with Crippen LogP contribution in [0.25, 0.3) is 0 Å². The first-order valence-corrected chi connectivity index (χ1v) is 12.3. The maximum Gasteiger partial charge on any atom is 0.246 e. The zero-order chi connectivity index (χ0) is 23.5. The number of nitrogens with zero attached hydrogens (tertiary/aromatic N) is 1. The lowest BCUT2D eigenvalue weighted by atomic mass is 10.3. The zero-order valence-corrected chi connectivity index (χ0v) is 19.1. The highest BCUT2D eigenvalue weighted by molar-refractivity contribution is 7.89. The Hall–Kier alpha value is -3.00. The molecular formula is C19H22N4O7S2. The Kier molecular flexibility index (Phi) is 6.83. The van der Waals surface area contributed by atoms with Gasteiger partial charge in [0, 0.05) is 5.69 Å². The summed E-state index contributed by atoms with van der Waals surface area (Å²) in [5.41, 5.74) is 0.349. The summed E-state index contributed by atoms with van der Waals surface area (Å²) < 4.78 is 64.8. The summed E-state index contributed by atoms with van der Waals surface area (Å²) >= 11 is 0. The van der Waals surface area contributed by atoms with Gasteiger partial charge in [0.25, 0.3) is 0 Å². The van der Waals surface area contributed by atoms with Crippen LogP contribution in [-0.4, -0.2) is 33.9 Å². The van der Waals surface area contributed by atoms with E-state index in [1.807, 2.05) is 0 Å². The molecule has 0 saturated carbocycles. The van der Waals surface area contributed by atoms with Gasteiger partial charge in [-0.15, -0.1) is 0 Å². The molecule has 2 heterocycles. The molecular weight excluding hydrogens is 460 g/mol. The number of anilines is 1. The molecule has 3 N–H and O–H groups in total. The second-order valence-electron chi connectivity index (χ2n) is 6.92.